The lowest BCUT2D eigenvalue weighted by Crippen LogP contribution is -2.27. The quantitative estimate of drug-likeness (QED) is 0.750. The first-order valence-electron chi connectivity index (χ1n) is 7.02. The Morgan fingerprint density at radius 2 is 1.80 bits per heavy atom. The molecule has 0 aliphatic carbocycles. The van der Waals surface area contributed by atoms with Gasteiger partial charge in [0.1, 0.15) is 6.04 Å². The van der Waals surface area contributed by atoms with Gasteiger partial charge in [0, 0.05) is 13.5 Å². The fourth-order valence-corrected chi connectivity index (χ4v) is 1.91. The van der Waals surface area contributed by atoms with Crippen LogP contribution in [0.2, 0.25) is 0 Å². The van der Waals surface area contributed by atoms with Crippen LogP contribution in [0, 0.1) is 11.3 Å². The third-order valence-corrected chi connectivity index (χ3v) is 3.14. The molecule has 0 aromatic heterocycles. The van der Waals surface area contributed by atoms with E-state index in [-0.39, 0.29) is 11.9 Å². The number of hydrogen-bond acceptors (Lipinski definition) is 3. The predicted octanol–water partition coefficient (Wildman–Crippen LogP) is 2.49. The molecule has 0 aliphatic heterocycles. The second kappa shape index (κ2) is 8.34. The lowest BCUT2D eigenvalue weighted by atomic mass is 9.99. The van der Waals surface area contributed by atoms with Gasteiger partial charge in [-0.05, 0) is 30.0 Å². The number of nitriles is 1. The van der Waals surface area contributed by atoms with E-state index < -0.39 is 0 Å². The molecule has 1 aromatic rings. The molecule has 4 nitrogen and oxygen atoms in total. The number of amides is 1. The van der Waals surface area contributed by atoms with Gasteiger partial charge in [0.25, 0.3) is 0 Å². The summed E-state index contributed by atoms with van der Waals surface area (Å²) in [6, 6.07) is 10.1. The zero-order valence-electron chi connectivity index (χ0n) is 12.4. The molecule has 0 bridgehead atoms. The highest BCUT2D eigenvalue weighted by molar-refractivity contribution is 5.72. The normalized spacial score (nSPS) is 11.9. The summed E-state index contributed by atoms with van der Waals surface area (Å²) in [6.07, 6.45) is 0.807. The number of benzene rings is 1. The number of carbonyl (C=O) groups excluding carboxylic acids is 1. The van der Waals surface area contributed by atoms with E-state index >= 15 is 0 Å². The molecule has 2 N–H and O–H groups in total. The van der Waals surface area contributed by atoms with Crippen molar-refractivity contribution in [3.63, 3.8) is 0 Å². The summed E-state index contributed by atoms with van der Waals surface area (Å²) in [7, 11) is 0. The second-order valence-corrected chi connectivity index (χ2v) is 5.17. The Balaban J connectivity index is 2.46. The number of nitrogens with zero attached hydrogens (tertiary/aromatic N) is 1. The molecule has 0 heterocycles. The third-order valence-electron chi connectivity index (χ3n) is 3.14. The summed E-state index contributed by atoms with van der Waals surface area (Å²) in [4.78, 5) is 10.7. The SMILES string of the molecule is CC(=O)NCCCNC(C#N)c1ccc(C(C)C)cc1. The summed E-state index contributed by atoms with van der Waals surface area (Å²) in [5, 5.41) is 15.2. The van der Waals surface area contributed by atoms with E-state index in [4.69, 9.17) is 0 Å². The van der Waals surface area contributed by atoms with Crippen molar-refractivity contribution >= 4 is 5.91 Å². The fourth-order valence-electron chi connectivity index (χ4n) is 1.91. The van der Waals surface area contributed by atoms with Gasteiger partial charge in [-0.25, -0.2) is 0 Å². The summed E-state index contributed by atoms with van der Waals surface area (Å²) >= 11 is 0. The van der Waals surface area contributed by atoms with Crippen LogP contribution < -0.4 is 10.6 Å². The van der Waals surface area contributed by atoms with Crippen LogP contribution >= 0.6 is 0 Å². The Hall–Kier alpha value is -1.86. The molecule has 1 atom stereocenters. The Morgan fingerprint density at radius 3 is 2.30 bits per heavy atom. The highest BCUT2D eigenvalue weighted by Gasteiger charge is 2.09. The van der Waals surface area contributed by atoms with Crippen molar-refractivity contribution in [2.75, 3.05) is 13.1 Å². The first-order valence-corrected chi connectivity index (χ1v) is 7.02. The molecule has 20 heavy (non-hydrogen) atoms. The second-order valence-electron chi connectivity index (χ2n) is 5.17. The van der Waals surface area contributed by atoms with Gasteiger partial charge in [-0.3, -0.25) is 10.1 Å². The molecule has 0 radical (unpaired) electrons. The third kappa shape index (κ3) is 5.41. The fraction of sp³-hybridized carbons (Fsp3) is 0.500. The van der Waals surface area contributed by atoms with Crippen molar-refractivity contribution in [3.8, 4) is 6.07 Å². The van der Waals surface area contributed by atoms with Crippen molar-refractivity contribution < 1.29 is 4.79 Å². The number of rotatable bonds is 7. The van der Waals surface area contributed by atoms with E-state index in [2.05, 4.69) is 42.7 Å². The first-order chi connectivity index (χ1) is 9.54. The molecule has 0 saturated heterocycles. The summed E-state index contributed by atoms with van der Waals surface area (Å²) in [6.45, 7) is 7.13. The molecule has 4 heteroatoms. The number of carbonyl (C=O) groups is 1. The largest absolute Gasteiger partial charge is 0.356 e. The van der Waals surface area contributed by atoms with E-state index in [0.29, 0.717) is 19.0 Å². The molecule has 1 unspecified atom stereocenters. The minimum absolute atomic E-state index is 0.0221. The summed E-state index contributed by atoms with van der Waals surface area (Å²) in [5.41, 5.74) is 2.26. The van der Waals surface area contributed by atoms with E-state index in [1.54, 1.807) is 0 Å². The van der Waals surface area contributed by atoms with Gasteiger partial charge in [-0.1, -0.05) is 38.1 Å². The molecule has 0 aliphatic rings. The molecule has 0 fully saturated rings. The van der Waals surface area contributed by atoms with Crippen LogP contribution in [0.3, 0.4) is 0 Å². The van der Waals surface area contributed by atoms with Crippen LogP contribution in [0.1, 0.15) is 50.3 Å². The zero-order valence-corrected chi connectivity index (χ0v) is 12.4. The van der Waals surface area contributed by atoms with Gasteiger partial charge in [0.2, 0.25) is 5.91 Å². The predicted molar refractivity (Wildman–Crippen MR) is 80.2 cm³/mol. The molecule has 1 amide bonds. The van der Waals surface area contributed by atoms with Gasteiger partial charge in [0.05, 0.1) is 6.07 Å². The van der Waals surface area contributed by atoms with Gasteiger partial charge < -0.3 is 5.32 Å². The van der Waals surface area contributed by atoms with E-state index in [1.807, 2.05) is 12.1 Å². The monoisotopic (exact) mass is 273 g/mol. The average molecular weight is 273 g/mol. The maximum absolute atomic E-state index is 10.7. The lowest BCUT2D eigenvalue weighted by molar-refractivity contribution is -0.118. The number of hydrogen-bond donors (Lipinski definition) is 2. The van der Waals surface area contributed by atoms with Crippen molar-refractivity contribution in [1.29, 1.82) is 5.26 Å². The topological polar surface area (TPSA) is 64.9 Å². The Bertz CT molecular complexity index is 460. The molecule has 108 valence electrons. The van der Waals surface area contributed by atoms with E-state index in [0.717, 1.165) is 12.0 Å². The van der Waals surface area contributed by atoms with Crippen LogP contribution in [-0.2, 0) is 4.79 Å². The molecular weight excluding hydrogens is 250 g/mol. The van der Waals surface area contributed by atoms with Gasteiger partial charge in [-0.2, -0.15) is 5.26 Å². The van der Waals surface area contributed by atoms with E-state index in [9.17, 15) is 10.1 Å². The van der Waals surface area contributed by atoms with Gasteiger partial charge in [0.15, 0.2) is 0 Å². The molecule has 0 saturated carbocycles. The number of nitrogens with one attached hydrogen (secondary N) is 2. The molecular formula is C16H23N3O. The molecule has 1 rings (SSSR count). The van der Waals surface area contributed by atoms with Crippen LogP contribution in [0.15, 0.2) is 24.3 Å². The Labute approximate surface area is 121 Å². The average Bonchev–Trinajstić information content (AvgIpc) is 2.42. The van der Waals surface area contributed by atoms with Crippen molar-refractivity contribution in [1.82, 2.24) is 10.6 Å². The first kappa shape index (κ1) is 16.2. The smallest absolute Gasteiger partial charge is 0.216 e. The highest BCUT2D eigenvalue weighted by atomic mass is 16.1. The molecule has 0 spiro atoms. The van der Waals surface area contributed by atoms with Crippen LogP contribution in [0.5, 0.6) is 0 Å². The van der Waals surface area contributed by atoms with E-state index in [1.165, 1.54) is 12.5 Å². The highest BCUT2D eigenvalue weighted by Crippen LogP contribution is 2.18. The van der Waals surface area contributed by atoms with Crippen LogP contribution in [-0.4, -0.2) is 19.0 Å². The lowest BCUT2D eigenvalue weighted by Gasteiger charge is -2.13. The Kier molecular flexibility index (Phi) is 6.75. The van der Waals surface area contributed by atoms with Crippen molar-refractivity contribution in [3.05, 3.63) is 35.4 Å². The van der Waals surface area contributed by atoms with Gasteiger partial charge >= 0.3 is 0 Å². The van der Waals surface area contributed by atoms with Crippen LogP contribution in [0.4, 0.5) is 0 Å². The van der Waals surface area contributed by atoms with Gasteiger partial charge in [-0.15, -0.1) is 0 Å². The van der Waals surface area contributed by atoms with Crippen molar-refractivity contribution in [2.45, 2.75) is 39.2 Å². The summed E-state index contributed by atoms with van der Waals surface area (Å²) in [5.74, 6) is 0.473. The molecule has 1 aromatic carbocycles. The Morgan fingerprint density at radius 1 is 1.20 bits per heavy atom. The van der Waals surface area contributed by atoms with Crippen LogP contribution in [0.25, 0.3) is 0 Å². The maximum Gasteiger partial charge on any atom is 0.216 e. The zero-order chi connectivity index (χ0) is 15.0. The minimum atomic E-state index is -0.298. The maximum atomic E-state index is 10.7. The minimum Gasteiger partial charge on any atom is -0.356 e. The standard InChI is InChI=1S/C16H23N3O/c1-12(2)14-5-7-15(8-6-14)16(11-17)19-10-4-9-18-13(3)20/h5-8,12,16,19H,4,9-10H2,1-3H3,(H,18,20). The van der Waals surface area contributed by atoms with Crippen molar-refractivity contribution in [2.24, 2.45) is 0 Å². The summed E-state index contributed by atoms with van der Waals surface area (Å²) < 4.78 is 0.